The van der Waals surface area contributed by atoms with E-state index in [9.17, 15) is 4.79 Å². The highest BCUT2D eigenvalue weighted by molar-refractivity contribution is 5.89. The number of carbonyl (C=O) groups excluding carboxylic acids is 1. The molecule has 0 saturated carbocycles. The Morgan fingerprint density at radius 1 is 1.60 bits per heavy atom. The molecule has 0 saturated heterocycles. The summed E-state index contributed by atoms with van der Waals surface area (Å²) in [5.74, 6) is 0. The van der Waals surface area contributed by atoms with E-state index in [4.69, 9.17) is 0 Å². The molecule has 0 bridgehead atoms. The number of rotatable bonds is 4. The van der Waals surface area contributed by atoms with Crippen LogP contribution in [0.4, 0.5) is 10.5 Å². The third-order valence-electron chi connectivity index (χ3n) is 2.30. The van der Waals surface area contributed by atoms with Crippen LogP contribution in [0.5, 0.6) is 0 Å². The second-order valence-electron chi connectivity index (χ2n) is 3.50. The SMILES string of the molecule is CCCCNC(=O)Nc1cnn(C)c1C. The zero-order valence-electron chi connectivity index (χ0n) is 9.50. The summed E-state index contributed by atoms with van der Waals surface area (Å²) in [5, 5.41) is 9.58. The van der Waals surface area contributed by atoms with Crippen molar-refractivity contribution in [3.63, 3.8) is 0 Å². The Kier molecular flexibility index (Phi) is 4.15. The Hall–Kier alpha value is -1.52. The van der Waals surface area contributed by atoms with Gasteiger partial charge in [0.25, 0.3) is 0 Å². The number of hydrogen-bond acceptors (Lipinski definition) is 2. The van der Waals surface area contributed by atoms with E-state index in [0.29, 0.717) is 6.54 Å². The fourth-order valence-electron chi connectivity index (χ4n) is 1.17. The number of urea groups is 1. The van der Waals surface area contributed by atoms with Gasteiger partial charge in [-0.15, -0.1) is 0 Å². The zero-order chi connectivity index (χ0) is 11.3. The number of amides is 2. The van der Waals surface area contributed by atoms with Gasteiger partial charge in [-0.25, -0.2) is 4.79 Å². The first-order valence-electron chi connectivity index (χ1n) is 5.18. The highest BCUT2D eigenvalue weighted by Gasteiger charge is 2.06. The number of nitrogens with one attached hydrogen (secondary N) is 2. The van der Waals surface area contributed by atoms with E-state index in [-0.39, 0.29) is 6.03 Å². The highest BCUT2D eigenvalue weighted by Crippen LogP contribution is 2.11. The number of aromatic nitrogens is 2. The summed E-state index contributed by atoms with van der Waals surface area (Å²) in [6, 6.07) is -0.167. The second kappa shape index (κ2) is 5.38. The van der Waals surface area contributed by atoms with Gasteiger partial charge in [0, 0.05) is 13.6 Å². The molecule has 0 unspecified atom stereocenters. The van der Waals surface area contributed by atoms with Crippen molar-refractivity contribution >= 4 is 11.7 Å². The fraction of sp³-hybridized carbons (Fsp3) is 0.600. The van der Waals surface area contributed by atoms with Gasteiger partial charge in [-0.05, 0) is 13.3 Å². The van der Waals surface area contributed by atoms with Crippen molar-refractivity contribution in [2.24, 2.45) is 7.05 Å². The van der Waals surface area contributed by atoms with Gasteiger partial charge in [0.05, 0.1) is 17.6 Å². The third kappa shape index (κ3) is 3.27. The summed E-state index contributed by atoms with van der Waals surface area (Å²) < 4.78 is 1.72. The van der Waals surface area contributed by atoms with E-state index >= 15 is 0 Å². The molecule has 1 aromatic rings. The number of carbonyl (C=O) groups is 1. The minimum Gasteiger partial charge on any atom is -0.338 e. The van der Waals surface area contributed by atoms with Crippen molar-refractivity contribution in [2.75, 3.05) is 11.9 Å². The topological polar surface area (TPSA) is 59.0 Å². The largest absolute Gasteiger partial charge is 0.338 e. The standard InChI is InChI=1S/C10H18N4O/c1-4-5-6-11-10(15)13-9-7-12-14(3)8(9)2/h7H,4-6H2,1-3H3,(H2,11,13,15). The quantitative estimate of drug-likeness (QED) is 0.742. The molecule has 1 heterocycles. The Morgan fingerprint density at radius 2 is 2.33 bits per heavy atom. The van der Waals surface area contributed by atoms with Crippen LogP contribution in [-0.4, -0.2) is 22.4 Å². The monoisotopic (exact) mass is 210 g/mol. The molecule has 0 radical (unpaired) electrons. The molecule has 0 fully saturated rings. The average molecular weight is 210 g/mol. The van der Waals surface area contributed by atoms with Crippen molar-refractivity contribution in [3.8, 4) is 0 Å². The molecule has 84 valence electrons. The molecule has 0 aliphatic rings. The molecular weight excluding hydrogens is 192 g/mol. The van der Waals surface area contributed by atoms with Gasteiger partial charge in [0.15, 0.2) is 0 Å². The number of hydrogen-bond donors (Lipinski definition) is 2. The van der Waals surface area contributed by atoms with Gasteiger partial charge in [-0.1, -0.05) is 13.3 Å². The Balaban J connectivity index is 2.41. The van der Waals surface area contributed by atoms with Gasteiger partial charge in [-0.2, -0.15) is 5.10 Å². The van der Waals surface area contributed by atoms with Crippen LogP contribution < -0.4 is 10.6 Å². The average Bonchev–Trinajstić information content (AvgIpc) is 2.50. The van der Waals surface area contributed by atoms with E-state index in [1.54, 1.807) is 10.9 Å². The molecule has 0 aromatic carbocycles. The number of nitrogens with zero attached hydrogens (tertiary/aromatic N) is 2. The minimum atomic E-state index is -0.167. The molecule has 5 nitrogen and oxygen atoms in total. The van der Waals surface area contributed by atoms with Gasteiger partial charge in [0.2, 0.25) is 0 Å². The summed E-state index contributed by atoms with van der Waals surface area (Å²) in [6.45, 7) is 4.71. The summed E-state index contributed by atoms with van der Waals surface area (Å²) in [7, 11) is 1.84. The minimum absolute atomic E-state index is 0.167. The number of anilines is 1. The van der Waals surface area contributed by atoms with Gasteiger partial charge in [0.1, 0.15) is 0 Å². The molecule has 1 aromatic heterocycles. The molecule has 0 atom stereocenters. The fourth-order valence-corrected chi connectivity index (χ4v) is 1.17. The zero-order valence-corrected chi connectivity index (χ0v) is 9.50. The Labute approximate surface area is 89.9 Å². The van der Waals surface area contributed by atoms with Crippen molar-refractivity contribution in [3.05, 3.63) is 11.9 Å². The molecule has 0 aliphatic heterocycles. The third-order valence-corrected chi connectivity index (χ3v) is 2.30. The number of unbranched alkanes of at least 4 members (excludes halogenated alkanes) is 1. The van der Waals surface area contributed by atoms with E-state index in [1.807, 2.05) is 14.0 Å². The molecule has 5 heteroatoms. The summed E-state index contributed by atoms with van der Waals surface area (Å²) in [6.07, 6.45) is 3.72. The van der Waals surface area contributed by atoms with E-state index < -0.39 is 0 Å². The lowest BCUT2D eigenvalue weighted by molar-refractivity contribution is 0.252. The van der Waals surface area contributed by atoms with Crippen LogP contribution in [-0.2, 0) is 7.05 Å². The summed E-state index contributed by atoms with van der Waals surface area (Å²) in [4.78, 5) is 11.4. The van der Waals surface area contributed by atoms with Crippen molar-refractivity contribution in [1.29, 1.82) is 0 Å². The first-order valence-corrected chi connectivity index (χ1v) is 5.18. The molecule has 1 rings (SSSR count). The first kappa shape index (κ1) is 11.6. The van der Waals surface area contributed by atoms with Crippen molar-refractivity contribution in [2.45, 2.75) is 26.7 Å². The van der Waals surface area contributed by atoms with E-state index in [0.717, 1.165) is 24.2 Å². The predicted octanol–water partition coefficient (Wildman–Crippen LogP) is 1.65. The van der Waals surface area contributed by atoms with Gasteiger partial charge in [-0.3, -0.25) is 4.68 Å². The second-order valence-corrected chi connectivity index (χ2v) is 3.50. The smallest absolute Gasteiger partial charge is 0.319 e. The first-order chi connectivity index (χ1) is 7.15. The predicted molar refractivity (Wildman–Crippen MR) is 59.9 cm³/mol. The molecular formula is C10H18N4O. The molecule has 15 heavy (non-hydrogen) atoms. The summed E-state index contributed by atoms with van der Waals surface area (Å²) in [5.41, 5.74) is 1.70. The lowest BCUT2D eigenvalue weighted by Crippen LogP contribution is -2.29. The Morgan fingerprint density at radius 3 is 2.87 bits per heavy atom. The van der Waals surface area contributed by atoms with Crippen LogP contribution in [0, 0.1) is 6.92 Å². The molecule has 0 spiro atoms. The Bertz CT molecular complexity index is 332. The van der Waals surface area contributed by atoms with Crippen LogP contribution in [0.3, 0.4) is 0 Å². The van der Waals surface area contributed by atoms with Gasteiger partial charge < -0.3 is 10.6 Å². The maximum absolute atomic E-state index is 11.4. The van der Waals surface area contributed by atoms with Crippen molar-refractivity contribution < 1.29 is 4.79 Å². The van der Waals surface area contributed by atoms with Crippen LogP contribution >= 0.6 is 0 Å². The summed E-state index contributed by atoms with van der Waals surface area (Å²) >= 11 is 0. The normalized spacial score (nSPS) is 10.1. The van der Waals surface area contributed by atoms with Gasteiger partial charge >= 0.3 is 6.03 Å². The van der Waals surface area contributed by atoms with E-state index in [2.05, 4.69) is 22.7 Å². The lowest BCUT2D eigenvalue weighted by atomic mass is 10.3. The van der Waals surface area contributed by atoms with Crippen LogP contribution in [0.1, 0.15) is 25.5 Å². The maximum atomic E-state index is 11.4. The molecule has 2 amide bonds. The maximum Gasteiger partial charge on any atom is 0.319 e. The van der Waals surface area contributed by atoms with E-state index in [1.165, 1.54) is 0 Å². The highest BCUT2D eigenvalue weighted by atomic mass is 16.2. The molecule has 0 aliphatic carbocycles. The molecule has 2 N–H and O–H groups in total. The van der Waals surface area contributed by atoms with Crippen LogP contribution in [0.2, 0.25) is 0 Å². The van der Waals surface area contributed by atoms with Crippen LogP contribution in [0.25, 0.3) is 0 Å². The van der Waals surface area contributed by atoms with Crippen LogP contribution in [0.15, 0.2) is 6.20 Å². The number of aryl methyl sites for hydroxylation is 1. The van der Waals surface area contributed by atoms with Crippen molar-refractivity contribution in [1.82, 2.24) is 15.1 Å². The lowest BCUT2D eigenvalue weighted by Gasteiger charge is -2.06.